The van der Waals surface area contributed by atoms with Gasteiger partial charge in [-0.25, -0.2) is 0 Å². The van der Waals surface area contributed by atoms with Gasteiger partial charge in [0.2, 0.25) is 0 Å². The summed E-state index contributed by atoms with van der Waals surface area (Å²) in [6.07, 6.45) is 1.81. The van der Waals surface area contributed by atoms with Crippen LogP contribution in [0.1, 0.15) is 11.1 Å². The second-order valence-corrected chi connectivity index (χ2v) is 9.09. The second-order valence-electron chi connectivity index (χ2n) is 9.09. The van der Waals surface area contributed by atoms with Gasteiger partial charge in [0.1, 0.15) is 0 Å². The molecule has 1 aliphatic heterocycles. The van der Waals surface area contributed by atoms with Crippen LogP contribution in [0.15, 0.2) is 72.0 Å². The summed E-state index contributed by atoms with van der Waals surface area (Å²) in [5.74, 6) is 0. The summed E-state index contributed by atoms with van der Waals surface area (Å²) in [6.45, 7) is 6.60. The highest BCUT2D eigenvalue weighted by atomic mass is 16.5. The third-order valence-corrected chi connectivity index (χ3v) is 6.61. The van der Waals surface area contributed by atoms with Gasteiger partial charge in [0.15, 0.2) is 0 Å². The topological polar surface area (TPSA) is 70.8 Å². The van der Waals surface area contributed by atoms with E-state index in [9.17, 15) is 9.90 Å². The number of morpholine rings is 1. The third-order valence-electron chi connectivity index (χ3n) is 6.61. The number of hydrogen-bond acceptors (Lipinski definition) is 6. The van der Waals surface area contributed by atoms with Crippen LogP contribution in [0.4, 0.5) is 11.4 Å². The highest BCUT2D eigenvalue weighted by molar-refractivity contribution is 5.95. The summed E-state index contributed by atoms with van der Waals surface area (Å²) in [5, 5.41) is 16.4. The standard InChI is InChI=1S/C29H30N4O3/c1-4-20-15-22(17-24(16-20)31(2)3)28-25-7-5-6-8-26(25)29(35)33(30-28)27-18-23(10-9-21(27)19-34)32-11-13-36-14-12-32/h4-10,15-18,34H,1,11-14,19H2,2-3H3. The first-order valence-corrected chi connectivity index (χ1v) is 12.0. The van der Waals surface area contributed by atoms with Crippen LogP contribution < -0.4 is 15.4 Å². The maximum absolute atomic E-state index is 13.7. The number of anilines is 2. The Hall–Kier alpha value is -3.94. The van der Waals surface area contributed by atoms with E-state index in [-0.39, 0.29) is 12.2 Å². The van der Waals surface area contributed by atoms with Gasteiger partial charge < -0.3 is 19.6 Å². The van der Waals surface area contributed by atoms with E-state index in [1.54, 1.807) is 0 Å². The fraction of sp³-hybridized carbons (Fsp3) is 0.241. The second kappa shape index (κ2) is 9.97. The van der Waals surface area contributed by atoms with Crippen LogP contribution in [0.25, 0.3) is 33.8 Å². The minimum atomic E-state index is -0.226. The molecule has 1 fully saturated rings. The SMILES string of the molecule is C=Cc1cc(-c2nn(-c3cc(N4CCOCC4)ccc3CO)c(=O)c3ccccc23)cc(N(C)C)c1. The van der Waals surface area contributed by atoms with Gasteiger partial charge in [0.05, 0.1) is 36.6 Å². The average molecular weight is 483 g/mol. The van der Waals surface area contributed by atoms with E-state index >= 15 is 0 Å². The number of rotatable bonds is 6. The molecule has 5 rings (SSSR count). The quantitative estimate of drug-likeness (QED) is 0.446. The predicted octanol–water partition coefficient (Wildman–Crippen LogP) is 4.09. The number of ether oxygens (including phenoxy) is 1. The fourth-order valence-corrected chi connectivity index (χ4v) is 4.61. The first kappa shape index (κ1) is 23.8. The summed E-state index contributed by atoms with van der Waals surface area (Å²) >= 11 is 0. The van der Waals surface area contributed by atoms with Crippen LogP contribution in [0, 0.1) is 0 Å². The van der Waals surface area contributed by atoms with Crippen LogP contribution >= 0.6 is 0 Å². The molecule has 0 unspecified atom stereocenters. The number of aromatic nitrogens is 2. The summed E-state index contributed by atoms with van der Waals surface area (Å²) in [4.78, 5) is 18.0. The van der Waals surface area contributed by atoms with Crippen molar-refractivity contribution in [2.45, 2.75) is 6.61 Å². The summed E-state index contributed by atoms with van der Waals surface area (Å²) in [7, 11) is 3.98. The lowest BCUT2D eigenvalue weighted by molar-refractivity contribution is 0.122. The summed E-state index contributed by atoms with van der Waals surface area (Å²) in [5.41, 5.74) is 5.51. The normalized spacial score (nSPS) is 13.7. The molecule has 1 aliphatic rings. The molecule has 7 heteroatoms. The van der Waals surface area contributed by atoms with Crippen molar-refractivity contribution >= 4 is 28.2 Å². The highest BCUT2D eigenvalue weighted by Crippen LogP contribution is 2.31. The Labute approximate surface area is 210 Å². The van der Waals surface area contributed by atoms with Crippen LogP contribution in [0.2, 0.25) is 0 Å². The zero-order chi connectivity index (χ0) is 25.2. The minimum Gasteiger partial charge on any atom is -0.392 e. The molecule has 1 aromatic heterocycles. The molecule has 184 valence electrons. The van der Waals surface area contributed by atoms with Crippen molar-refractivity contribution < 1.29 is 9.84 Å². The Morgan fingerprint density at radius 2 is 1.81 bits per heavy atom. The molecule has 3 aromatic carbocycles. The molecule has 0 amide bonds. The van der Waals surface area contributed by atoms with E-state index in [0.717, 1.165) is 41.0 Å². The van der Waals surface area contributed by atoms with Gasteiger partial charge >= 0.3 is 0 Å². The van der Waals surface area contributed by atoms with Crippen LogP contribution in [0.5, 0.6) is 0 Å². The van der Waals surface area contributed by atoms with Crippen LogP contribution in [-0.2, 0) is 11.3 Å². The predicted molar refractivity (Wildman–Crippen MR) is 146 cm³/mol. The van der Waals surface area contributed by atoms with Gasteiger partial charge in [-0.2, -0.15) is 9.78 Å². The zero-order valence-electron chi connectivity index (χ0n) is 20.6. The first-order valence-electron chi connectivity index (χ1n) is 12.0. The van der Waals surface area contributed by atoms with Crippen molar-refractivity contribution in [2.24, 2.45) is 0 Å². The zero-order valence-corrected chi connectivity index (χ0v) is 20.6. The number of benzene rings is 3. The highest BCUT2D eigenvalue weighted by Gasteiger charge is 2.19. The molecule has 1 saturated heterocycles. The van der Waals surface area contributed by atoms with E-state index in [0.29, 0.717) is 35.5 Å². The molecular formula is C29H30N4O3. The Bertz CT molecular complexity index is 1490. The maximum Gasteiger partial charge on any atom is 0.279 e. The van der Waals surface area contributed by atoms with Gasteiger partial charge in [-0.05, 0) is 42.0 Å². The molecule has 4 aromatic rings. The molecule has 0 bridgehead atoms. The minimum absolute atomic E-state index is 0.203. The van der Waals surface area contributed by atoms with E-state index in [4.69, 9.17) is 9.84 Å². The van der Waals surface area contributed by atoms with Crippen molar-refractivity contribution in [3.63, 3.8) is 0 Å². The summed E-state index contributed by atoms with van der Waals surface area (Å²) < 4.78 is 6.93. The molecule has 0 atom stereocenters. The van der Waals surface area contributed by atoms with Gasteiger partial charge in [-0.3, -0.25) is 4.79 Å². The van der Waals surface area contributed by atoms with E-state index in [2.05, 4.69) is 23.6 Å². The molecule has 7 nitrogen and oxygen atoms in total. The van der Waals surface area contributed by atoms with Crippen molar-refractivity contribution in [3.8, 4) is 16.9 Å². The number of fused-ring (bicyclic) bond motifs is 1. The van der Waals surface area contributed by atoms with Gasteiger partial charge in [-0.15, -0.1) is 0 Å². The van der Waals surface area contributed by atoms with Gasteiger partial charge in [0.25, 0.3) is 5.56 Å². The molecular weight excluding hydrogens is 452 g/mol. The number of aliphatic hydroxyl groups excluding tert-OH is 1. The number of hydrogen-bond donors (Lipinski definition) is 1. The van der Waals surface area contributed by atoms with E-state index in [1.165, 1.54) is 4.68 Å². The lowest BCUT2D eigenvalue weighted by atomic mass is 10.0. The molecule has 1 N–H and O–H groups in total. The Balaban J connectivity index is 1.77. The van der Waals surface area contributed by atoms with E-state index < -0.39 is 0 Å². The molecule has 0 spiro atoms. The van der Waals surface area contributed by atoms with Crippen molar-refractivity contribution in [1.29, 1.82) is 0 Å². The molecule has 36 heavy (non-hydrogen) atoms. The first-order chi connectivity index (χ1) is 17.5. The van der Waals surface area contributed by atoms with Crippen molar-refractivity contribution in [1.82, 2.24) is 9.78 Å². The van der Waals surface area contributed by atoms with Crippen LogP contribution in [-0.4, -0.2) is 55.3 Å². The maximum atomic E-state index is 13.7. The van der Waals surface area contributed by atoms with Gasteiger partial charge in [-0.1, -0.05) is 36.9 Å². The van der Waals surface area contributed by atoms with Crippen molar-refractivity contribution in [3.05, 3.63) is 88.7 Å². The number of nitrogens with zero attached hydrogens (tertiary/aromatic N) is 4. The average Bonchev–Trinajstić information content (AvgIpc) is 2.93. The lowest BCUT2D eigenvalue weighted by Crippen LogP contribution is -2.36. The lowest BCUT2D eigenvalue weighted by Gasteiger charge is -2.29. The smallest absolute Gasteiger partial charge is 0.279 e. The molecule has 0 aliphatic carbocycles. The number of aliphatic hydroxyl groups is 1. The Kier molecular flexibility index (Phi) is 6.59. The third kappa shape index (κ3) is 4.39. The van der Waals surface area contributed by atoms with E-state index in [1.807, 2.05) is 73.6 Å². The Morgan fingerprint density at radius 1 is 1.06 bits per heavy atom. The Morgan fingerprint density at radius 3 is 2.50 bits per heavy atom. The van der Waals surface area contributed by atoms with Gasteiger partial charge in [0, 0.05) is 55.1 Å². The largest absolute Gasteiger partial charge is 0.392 e. The molecule has 2 heterocycles. The molecule has 0 saturated carbocycles. The monoisotopic (exact) mass is 482 g/mol. The van der Waals surface area contributed by atoms with Crippen molar-refractivity contribution in [2.75, 3.05) is 50.2 Å². The summed E-state index contributed by atoms with van der Waals surface area (Å²) in [6, 6.07) is 19.5. The van der Waals surface area contributed by atoms with Crippen LogP contribution in [0.3, 0.4) is 0 Å². The molecule has 0 radical (unpaired) electrons. The fourth-order valence-electron chi connectivity index (χ4n) is 4.61.